The number of amides is 2. The largest absolute Gasteiger partial charge is 0.380 e. The summed E-state index contributed by atoms with van der Waals surface area (Å²) in [6.45, 7) is 2.64. The first-order valence-corrected chi connectivity index (χ1v) is 11.4. The second-order valence-corrected chi connectivity index (χ2v) is 8.73. The Morgan fingerprint density at radius 1 is 0.875 bits per heavy atom. The Balaban J connectivity index is 1.51. The van der Waals surface area contributed by atoms with Crippen LogP contribution in [-0.2, 0) is 29.1 Å². The first kappa shape index (κ1) is 23.7. The molecule has 0 saturated heterocycles. The molecule has 0 aliphatic carbocycles. The van der Waals surface area contributed by atoms with E-state index in [9.17, 15) is 19.8 Å². The minimum absolute atomic E-state index is 0.220. The molecule has 3 rings (SSSR count). The second kappa shape index (κ2) is 11.6. The number of likely N-dealkylation sites (N-methyl/N-ethyl adjacent to an activating group) is 1. The predicted octanol–water partition coefficient (Wildman–Crippen LogP) is 2.73. The lowest BCUT2D eigenvalue weighted by Crippen LogP contribution is -2.50. The van der Waals surface area contributed by atoms with Crippen molar-refractivity contribution in [3.63, 3.8) is 0 Å². The number of nitrogens with one attached hydrogen (secondary N) is 1. The first-order valence-electron chi connectivity index (χ1n) is 10.6. The lowest BCUT2D eigenvalue weighted by atomic mass is 10.1. The fourth-order valence-electron chi connectivity index (χ4n) is 3.30. The van der Waals surface area contributed by atoms with Gasteiger partial charge in [0, 0.05) is 29.3 Å². The molecule has 2 atom stereocenters. The number of aliphatic hydroxyl groups is 2. The maximum absolute atomic E-state index is 12.6. The molecule has 0 bridgehead atoms. The molecule has 0 spiro atoms. The molecule has 6 nitrogen and oxygen atoms in total. The zero-order valence-corrected chi connectivity index (χ0v) is 18.8. The zero-order chi connectivity index (χ0) is 22.9. The van der Waals surface area contributed by atoms with Crippen molar-refractivity contribution in [1.82, 2.24) is 10.2 Å². The van der Waals surface area contributed by atoms with E-state index in [1.54, 1.807) is 18.3 Å². The van der Waals surface area contributed by atoms with Gasteiger partial charge in [0.25, 0.3) is 11.8 Å². The maximum Gasteiger partial charge on any atom is 0.254 e. The Morgan fingerprint density at radius 3 is 2.09 bits per heavy atom. The molecule has 2 amide bonds. The minimum atomic E-state index is -1.84. The molecule has 2 unspecified atom stereocenters. The Hall–Kier alpha value is -3.00. The molecule has 32 heavy (non-hydrogen) atoms. The van der Waals surface area contributed by atoms with Gasteiger partial charge in [-0.25, -0.2) is 0 Å². The topological polar surface area (TPSA) is 89.9 Å². The molecule has 0 radical (unpaired) electrons. The average molecular weight is 453 g/mol. The molecule has 1 aromatic heterocycles. The molecular formula is C25H28N2O4S. The molecule has 168 valence electrons. The number of nitrogens with zero attached hydrogens (tertiary/aromatic N) is 1. The maximum atomic E-state index is 12.6. The molecule has 0 aliphatic heterocycles. The van der Waals surface area contributed by atoms with Gasteiger partial charge in [0.15, 0.2) is 12.2 Å². The van der Waals surface area contributed by atoms with E-state index < -0.39 is 24.0 Å². The molecule has 0 aliphatic rings. The summed E-state index contributed by atoms with van der Waals surface area (Å²) >= 11 is 1.57. The highest BCUT2D eigenvalue weighted by molar-refractivity contribution is 7.12. The van der Waals surface area contributed by atoms with E-state index in [1.165, 1.54) is 10.5 Å². The number of hydrogen-bond acceptors (Lipinski definition) is 5. The number of rotatable bonds is 10. The van der Waals surface area contributed by atoms with Gasteiger partial charge in [0.05, 0.1) is 6.54 Å². The lowest BCUT2D eigenvalue weighted by molar-refractivity contribution is -0.153. The highest BCUT2D eigenvalue weighted by atomic mass is 32.1. The summed E-state index contributed by atoms with van der Waals surface area (Å²) in [6.07, 6.45) is -2.85. The van der Waals surface area contributed by atoms with E-state index >= 15 is 0 Å². The number of benzene rings is 2. The highest BCUT2D eigenvalue weighted by Crippen LogP contribution is 2.20. The third kappa shape index (κ3) is 6.50. The van der Waals surface area contributed by atoms with Gasteiger partial charge in [-0.2, -0.15) is 0 Å². The minimum Gasteiger partial charge on any atom is -0.380 e. The van der Waals surface area contributed by atoms with Crippen LogP contribution in [-0.4, -0.2) is 45.7 Å². The van der Waals surface area contributed by atoms with E-state index in [2.05, 4.69) is 17.4 Å². The fraction of sp³-hybridized carbons (Fsp3) is 0.280. The van der Waals surface area contributed by atoms with Gasteiger partial charge in [0.1, 0.15) is 0 Å². The van der Waals surface area contributed by atoms with Crippen molar-refractivity contribution in [3.8, 4) is 0 Å². The number of hydrogen-bond donors (Lipinski definition) is 3. The Kier molecular flexibility index (Phi) is 8.56. The van der Waals surface area contributed by atoms with Gasteiger partial charge in [-0.3, -0.25) is 9.59 Å². The van der Waals surface area contributed by atoms with Crippen LogP contribution in [0.1, 0.15) is 27.8 Å². The van der Waals surface area contributed by atoms with Gasteiger partial charge in [-0.1, -0.05) is 60.7 Å². The summed E-state index contributed by atoms with van der Waals surface area (Å²) in [7, 11) is 0. The van der Waals surface area contributed by atoms with Crippen molar-refractivity contribution in [2.24, 2.45) is 0 Å². The standard InChI is InChI=1S/C25H28N2O4S/c1-2-27(17-19-11-7-4-8-12-19)25(31)23(29)22(28)24(30)26-16-21-14-13-20(32-21)15-18-9-5-3-6-10-18/h3-14,22-23,28-29H,2,15-17H2,1H3,(H,26,30). The van der Waals surface area contributed by atoms with Crippen molar-refractivity contribution < 1.29 is 19.8 Å². The van der Waals surface area contributed by atoms with Crippen LogP contribution in [0.2, 0.25) is 0 Å². The van der Waals surface area contributed by atoms with Crippen LogP contribution >= 0.6 is 11.3 Å². The summed E-state index contributed by atoms with van der Waals surface area (Å²) in [4.78, 5) is 28.5. The van der Waals surface area contributed by atoms with Gasteiger partial charge in [-0.05, 0) is 30.2 Å². The third-order valence-corrected chi connectivity index (χ3v) is 6.19. The summed E-state index contributed by atoms with van der Waals surface area (Å²) in [5.74, 6) is -1.46. The van der Waals surface area contributed by atoms with Crippen LogP contribution in [0.5, 0.6) is 0 Å². The smallest absolute Gasteiger partial charge is 0.254 e. The number of carbonyl (C=O) groups excluding carboxylic acids is 2. The number of aliphatic hydroxyl groups excluding tert-OH is 2. The lowest BCUT2D eigenvalue weighted by Gasteiger charge is -2.25. The summed E-state index contributed by atoms with van der Waals surface area (Å²) in [6, 6.07) is 23.4. The van der Waals surface area contributed by atoms with Crippen LogP contribution in [0.25, 0.3) is 0 Å². The van der Waals surface area contributed by atoms with Gasteiger partial charge < -0.3 is 20.4 Å². The SMILES string of the molecule is CCN(Cc1ccccc1)C(=O)C(O)C(O)C(=O)NCc1ccc(Cc2ccccc2)s1. The van der Waals surface area contributed by atoms with Crippen LogP contribution < -0.4 is 5.32 Å². The molecule has 3 aromatic rings. The summed E-state index contributed by atoms with van der Waals surface area (Å²) in [5.41, 5.74) is 2.11. The van der Waals surface area contributed by atoms with Crippen molar-refractivity contribution >= 4 is 23.2 Å². The zero-order valence-electron chi connectivity index (χ0n) is 18.0. The van der Waals surface area contributed by atoms with E-state index in [1.807, 2.05) is 60.7 Å². The molecule has 3 N–H and O–H groups in total. The van der Waals surface area contributed by atoms with E-state index in [-0.39, 0.29) is 6.54 Å². The Bertz CT molecular complexity index is 1010. The Morgan fingerprint density at radius 2 is 1.47 bits per heavy atom. The van der Waals surface area contributed by atoms with Crippen LogP contribution in [0.15, 0.2) is 72.8 Å². The van der Waals surface area contributed by atoms with Crippen molar-refractivity contribution in [1.29, 1.82) is 0 Å². The van der Waals surface area contributed by atoms with Crippen LogP contribution in [0, 0.1) is 0 Å². The summed E-state index contributed by atoms with van der Waals surface area (Å²) < 4.78 is 0. The second-order valence-electron chi connectivity index (χ2n) is 7.48. The molecule has 0 saturated carbocycles. The molecular weight excluding hydrogens is 424 g/mol. The van der Waals surface area contributed by atoms with Gasteiger partial charge in [0.2, 0.25) is 0 Å². The number of carbonyl (C=O) groups is 2. The predicted molar refractivity (Wildman–Crippen MR) is 125 cm³/mol. The monoisotopic (exact) mass is 452 g/mol. The normalized spacial score (nSPS) is 12.7. The van der Waals surface area contributed by atoms with Crippen LogP contribution in [0.3, 0.4) is 0 Å². The van der Waals surface area contributed by atoms with Crippen molar-refractivity contribution in [2.45, 2.75) is 38.6 Å². The van der Waals surface area contributed by atoms with Crippen LogP contribution in [0.4, 0.5) is 0 Å². The fourth-order valence-corrected chi connectivity index (χ4v) is 4.30. The molecule has 1 heterocycles. The molecule has 7 heteroatoms. The average Bonchev–Trinajstić information content (AvgIpc) is 3.28. The quantitative estimate of drug-likeness (QED) is 0.441. The summed E-state index contributed by atoms with van der Waals surface area (Å²) in [5, 5.41) is 23.2. The highest BCUT2D eigenvalue weighted by Gasteiger charge is 2.32. The Labute approximate surface area is 192 Å². The van der Waals surface area contributed by atoms with Crippen molar-refractivity contribution in [3.05, 3.63) is 93.7 Å². The van der Waals surface area contributed by atoms with E-state index in [4.69, 9.17) is 0 Å². The van der Waals surface area contributed by atoms with E-state index in [0.717, 1.165) is 21.7 Å². The van der Waals surface area contributed by atoms with E-state index in [0.29, 0.717) is 13.1 Å². The van der Waals surface area contributed by atoms with Crippen molar-refractivity contribution in [2.75, 3.05) is 6.54 Å². The first-order chi connectivity index (χ1) is 15.5. The number of thiophene rings is 1. The van der Waals surface area contributed by atoms with Gasteiger partial charge in [-0.15, -0.1) is 11.3 Å². The third-order valence-electron chi connectivity index (χ3n) is 5.11. The van der Waals surface area contributed by atoms with Gasteiger partial charge >= 0.3 is 0 Å². The molecule has 2 aromatic carbocycles. The molecule has 0 fully saturated rings.